The van der Waals surface area contributed by atoms with Crippen LogP contribution < -0.4 is 0 Å². The Bertz CT molecular complexity index is 898. The third-order valence-electron chi connectivity index (χ3n) is 3.82. The van der Waals surface area contributed by atoms with Crippen LogP contribution in [0.15, 0.2) is 24.8 Å². The van der Waals surface area contributed by atoms with Crippen LogP contribution in [-0.2, 0) is 11.5 Å². The predicted octanol–water partition coefficient (Wildman–Crippen LogP) is 4.07. The number of hydrogen-bond acceptors (Lipinski definition) is 6. The first-order chi connectivity index (χ1) is 11.8. The van der Waals surface area contributed by atoms with Gasteiger partial charge in [-0.05, 0) is 12.1 Å². The van der Waals surface area contributed by atoms with Crippen LogP contribution >= 0.6 is 11.3 Å². The molecular formula is C17H22N4O2SSi. The molecule has 0 amide bonds. The number of carbonyl (C=O) groups excluding carboxylic acids is 1. The van der Waals surface area contributed by atoms with Gasteiger partial charge in [0, 0.05) is 39.4 Å². The van der Waals surface area contributed by atoms with E-state index in [-0.39, 0.29) is 5.78 Å². The smallest absolute Gasteiger partial charge is 0.188 e. The van der Waals surface area contributed by atoms with Gasteiger partial charge in [-0.15, -0.1) is 11.3 Å². The minimum absolute atomic E-state index is 0.0325. The van der Waals surface area contributed by atoms with E-state index >= 15 is 0 Å². The summed E-state index contributed by atoms with van der Waals surface area (Å²) in [6.45, 7) is 9.78. The number of ketones is 1. The molecule has 0 aliphatic heterocycles. The van der Waals surface area contributed by atoms with Crippen molar-refractivity contribution in [3.63, 3.8) is 0 Å². The quantitative estimate of drug-likeness (QED) is 0.354. The summed E-state index contributed by atoms with van der Waals surface area (Å²) in [5.41, 5.74) is 1.63. The Morgan fingerprint density at radius 2 is 2.08 bits per heavy atom. The fraction of sp³-hybridized carbons (Fsp3) is 0.412. The van der Waals surface area contributed by atoms with Gasteiger partial charge in [0.05, 0.1) is 10.6 Å². The van der Waals surface area contributed by atoms with E-state index in [4.69, 9.17) is 4.74 Å². The van der Waals surface area contributed by atoms with Crippen molar-refractivity contribution in [3.8, 4) is 10.6 Å². The fourth-order valence-corrected chi connectivity index (χ4v) is 3.97. The van der Waals surface area contributed by atoms with E-state index in [1.54, 1.807) is 12.5 Å². The number of fused-ring (bicyclic) bond motifs is 1. The molecule has 0 radical (unpaired) electrons. The lowest BCUT2D eigenvalue weighted by Gasteiger charge is -2.15. The summed E-state index contributed by atoms with van der Waals surface area (Å²) in [7, 11) is -1.09. The summed E-state index contributed by atoms with van der Waals surface area (Å²) in [6, 6.07) is 3.13. The Balaban J connectivity index is 1.81. The van der Waals surface area contributed by atoms with Crippen LogP contribution in [0.5, 0.6) is 0 Å². The molecule has 132 valence electrons. The predicted molar refractivity (Wildman–Crippen MR) is 103 cm³/mol. The lowest BCUT2D eigenvalue weighted by atomic mass is 10.2. The molecule has 0 aliphatic rings. The van der Waals surface area contributed by atoms with Crippen molar-refractivity contribution in [1.82, 2.24) is 19.5 Å². The molecule has 0 fully saturated rings. The SMILES string of the molecule is CC(=O)c1ncc(-c2ncnc3c2ccn3COCC[Si](C)(C)C)s1. The number of thiazole rings is 1. The van der Waals surface area contributed by atoms with Crippen LogP contribution in [0.2, 0.25) is 25.7 Å². The molecule has 6 nitrogen and oxygen atoms in total. The molecule has 3 aromatic rings. The maximum absolute atomic E-state index is 11.5. The maximum atomic E-state index is 11.5. The monoisotopic (exact) mass is 374 g/mol. The molecule has 0 bridgehead atoms. The van der Waals surface area contributed by atoms with Crippen LogP contribution in [0, 0.1) is 0 Å². The Kier molecular flexibility index (Phi) is 5.12. The standard InChI is InChI=1S/C17H22N4O2SSi/c1-12(22)17-18-9-14(24-17)15-13-5-6-21(16(13)20-10-19-15)11-23-7-8-25(2,3)4/h5-6,9-10H,7-8,11H2,1-4H3. The minimum atomic E-state index is -1.09. The first kappa shape index (κ1) is 17.9. The van der Waals surface area contributed by atoms with Crippen molar-refractivity contribution in [2.24, 2.45) is 0 Å². The molecule has 3 rings (SSSR count). The lowest BCUT2D eigenvalue weighted by molar-refractivity contribution is 0.0899. The summed E-state index contributed by atoms with van der Waals surface area (Å²) < 4.78 is 7.81. The number of Topliss-reactive ketones (excluding diaryl/α,β-unsaturated/α-hetero) is 1. The average Bonchev–Trinajstić information content (AvgIpc) is 3.18. The minimum Gasteiger partial charge on any atom is -0.361 e. The molecule has 0 saturated heterocycles. The zero-order valence-corrected chi connectivity index (χ0v) is 16.8. The average molecular weight is 375 g/mol. The van der Waals surface area contributed by atoms with Crippen LogP contribution in [-0.4, -0.2) is 40.0 Å². The summed E-state index contributed by atoms with van der Waals surface area (Å²) in [4.78, 5) is 25.3. The third kappa shape index (κ3) is 4.20. The molecular weight excluding hydrogens is 352 g/mol. The van der Waals surface area contributed by atoms with Crippen LogP contribution in [0.25, 0.3) is 21.6 Å². The Morgan fingerprint density at radius 1 is 1.28 bits per heavy atom. The highest BCUT2D eigenvalue weighted by molar-refractivity contribution is 7.17. The van der Waals surface area contributed by atoms with Gasteiger partial charge in [-0.25, -0.2) is 15.0 Å². The zero-order chi connectivity index (χ0) is 18.0. The van der Waals surface area contributed by atoms with E-state index in [2.05, 4.69) is 34.6 Å². The molecule has 8 heteroatoms. The summed E-state index contributed by atoms with van der Waals surface area (Å²) in [6.07, 6.45) is 5.21. The van der Waals surface area contributed by atoms with Crippen molar-refractivity contribution < 1.29 is 9.53 Å². The van der Waals surface area contributed by atoms with Gasteiger partial charge in [0.1, 0.15) is 18.7 Å². The number of hydrogen-bond donors (Lipinski definition) is 0. The molecule has 25 heavy (non-hydrogen) atoms. The Morgan fingerprint density at radius 3 is 2.76 bits per heavy atom. The van der Waals surface area contributed by atoms with Gasteiger partial charge in [-0.2, -0.15) is 0 Å². The van der Waals surface area contributed by atoms with Crippen molar-refractivity contribution in [2.75, 3.05) is 6.61 Å². The normalized spacial score (nSPS) is 12.0. The summed E-state index contributed by atoms with van der Waals surface area (Å²) in [5.74, 6) is -0.0325. The van der Waals surface area contributed by atoms with Crippen LogP contribution in [0.4, 0.5) is 0 Å². The highest BCUT2D eigenvalue weighted by Crippen LogP contribution is 2.30. The number of rotatable bonds is 7. The van der Waals surface area contributed by atoms with Crippen molar-refractivity contribution >= 4 is 36.2 Å². The van der Waals surface area contributed by atoms with E-state index in [0.29, 0.717) is 11.7 Å². The Labute approximate surface area is 151 Å². The molecule has 0 spiro atoms. The zero-order valence-electron chi connectivity index (χ0n) is 14.9. The summed E-state index contributed by atoms with van der Waals surface area (Å²) >= 11 is 1.36. The third-order valence-corrected chi connectivity index (χ3v) is 6.63. The number of ether oxygens (including phenoxy) is 1. The van der Waals surface area contributed by atoms with Gasteiger partial charge in [-0.3, -0.25) is 4.79 Å². The first-order valence-electron chi connectivity index (χ1n) is 8.20. The van der Waals surface area contributed by atoms with Crippen molar-refractivity contribution in [3.05, 3.63) is 29.8 Å². The molecule has 0 atom stereocenters. The van der Waals surface area contributed by atoms with Crippen molar-refractivity contribution in [2.45, 2.75) is 39.3 Å². The topological polar surface area (TPSA) is 69.9 Å². The van der Waals surface area contributed by atoms with Gasteiger partial charge >= 0.3 is 0 Å². The highest BCUT2D eigenvalue weighted by Gasteiger charge is 2.15. The second-order valence-electron chi connectivity index (χ2n) is 7.18. The molecule has 0 saturated carbocycles. The summed E-state index contributed by atoms with van der Waals surface area (Å²) in [5, 5.41) is 1.44. The fourth-order valence-electron chi connectivity index (χ4n) is 2.39. The molecule has 0 aliphatic carbocycles. The van der Waals surface area contributed by atoms with Gasteiger partial charge in [0.2, 0.25) is 0 Å². The van der Waals surface area contributed by atoms with Gasteiger partial charge in [0.15, 0.2) is 10.8 Å². The Hall–Kier alpha value is -1.90. The second kappa shape index (κ2) is 7.15. The molecule has 0 aromatic carbocycles. The van der Waals surface area contributed by atoms with E-state index in [1.165, 1.54) is 18.3 Å². The number of carbonyl (C=O) groups is 1. The second-order valence-corrected chi connectivity index (χ2v) is 13.8. The molecule has 0 unspecified atom stereocenters. The lowest BCUT2D eigenvalue weighted by Crippen LogP contribution is -2.22. The molecule has 3 heterocycles. The largest absolute Gasteiger partial charge is 0.361 e. The number of aromatic nitrogens is 4. The molecule has 3 aromatic heterocycles. The van der Waals surface area contributed by atoms with Crippen molar-refractivity contribution in [1.29, 1.82) is 0 Å². The van der Waals surface area contributed by atoms with Gasteiger partial charge in [0.25, 0.3) is 0 Å². The van der Waals surface area contributed by atoms with E-state index in [9.17, 15) is 4.79 Å². The molecule has 0 N–H and O–H groups in total. The van der Waals surface area contributed by atoms with E-state index in [0.717, 1.165) is 34.3 Å². The number of nitrogens with zero attached hydrogens (tertiary/aromatic N) is 4. The van der Waals surface area contributed by atoms with E-state index < -0.39 is 8.07 Å². The first-order valence-corrected chi connectivity index (χ1v) is 12.7. The van der Waals surface area contributed by atoms with Crippen LogP contribution in [0.3, 0.4) is 0 Å². The van der Waals surface area contributed by atoms with Crippen LogP contribution in [0.1, 0.15) is 16.7 Å². The van der Waals surface area contributed by atoms with E-state index in [1.807, 2.05) is 16.8 Å². The maximum Gasteiger partial charge on any atom is 0.188 e. The van der Waals surface area contributed by atoms with Gasteiger partial charge < -0.3 is 9.30 Å². The van der Waals surface area contributed by atoms with Gasteiger partial charge in [-0.1, -0.05) is 19.6 Å². The highest BCUT2D eigenvalue weighted by atomic mass is 32.1.